The molecule has 0 heterocycles. The molecular formula is C15H23FN2O2. The number of rotatable bonds is 8. The minimum absolute atomic E-state index is 0.0624. The Kier molecular flexibility index (Phi) is 7.01. The number of ether oxygens (including phenoxy) is 1. The molecule has 0 spiro atoms. The maximum Gasteiger partial charge on any atom is 0.258 e. The van der Waals surface area contributed by atoms with Gasteiger partial charge in [-0.2, -0.15) is 0 Å². The zero-order valence-corrected chi connectivity index (χ0v) is 12.3. The van der Waals surface area contributed by atoms with Crippen LogP contribution in [0, 0.1) is 5.82 Å². The predicted molar refractivity (Wildman–Crippen MR) is 77.2 cm³/mol. The van der Waals surface area contributed by atoms with Crippen molar-refractivity contribution in [1.29, 1.82) is 0 Å². The summed E-state index contributed by atoms with van der Waals surface area (Å²) in [5.74, 6) is -0.202. The zero-order valence-electron chi connectivity index (χ0n) is 12.3. The fourth-order valence-electron chi connectivity index (χ4n) is 1.73. The minimum Gasteiger partial charge on any atom is -0.484 e. The van der Waals surface area contributed by atoms with Gasteiger partial charge in [0.05, 0.1) is 0 Å². The standard InChI is InChI=1S/C15H23FN2O2/c1-4-5-17-9-12-6-13(16)8-14(7-12)20-10-15(19)18-11(2)3/h6-8,11,17H,4-5,9-10H2,1-3H3,(H,18,19). The fraction of sp³-hybridized carbons (Fsp3) is 0.533. The lowest BCUT2D eigenvalue weighted by molar-refractivity contribution is -0.123. The molecular weight excluding hydrogens is 259 g/mol. The monoisotopic (exact) mass is 282 g/mol. The maximum atomic E-state index is 13.5. The predicted octanol–water partition coefficient (Wildman–Crippen LogP) is 2.23. The fourth-order valence-corrected chi connectivity index (χ4v) is 1.73. The van der Waals surface area contributed by atoms with Gasteiger partial charge < -0.3 is 15.4 Å². The van der Waals surface area contributed by atoms with Crippen LogP contribution in [0.1, 0.15) is 32.8 Å². The lowest BCUT2D eigenvalue weighted by Crippen LogP contribution is -2.34. The first-order chi connectivity index (χ1) is 9.51. The van der Waals surface area contributed by atoms with Gasteiger partial charge in [0.1, 0.15) is 11.6 Å². The number of carbonyl (C=O) groups is 1. The average Bonchev–Trinajstić information content (AvgIpc) is 2.35. The van der Waals surface area contributed by atoms with Gasteiger partial charge in [0.25, 0.3) is 5.91 Å². The Labute approximate surface area is 119 Å². The Morgan fingerprint density at radius 1 is 1.35 bits per heavy atom. The maximum absolute atomic E-state index is 13.5. The van der Waals surface area contributed by atoms with Crippen molar-refractivity contribution in [3.63, 3.8) is 0 Å². The van der Waals surface area contributed by atoms with Crippen LogP contribution in [0.2, 0.25) is 0 Å². The lowest BCUT2D eigenvalue weighted by atomic mass is 10.2. The number of amides is 1. The second kappa shape index (κ2) is 8.53. The molecule has 20 heavy (non-hydrogen) atoms. The number of hydrogen-bond acceptors (Lipinski definition) is 3. The Morgan fingerprint density at radius 2 is 2.10 bits per heavy atom. The van der Waals surface area contributed by atoms with Crippen LogP contribution in [-0.2, 0) is 11.3 Å². The lowest BCUT2D eigenvalue weighted by Gasteiger charge is -2.11. The van der Waals surface area contributed by atoms with E-state index < -0.39 is 0 Å². The molecule has 1 aromatic rings. The summed E-state index contributed by atoms with van der Waals surface area (Å²) < 4.78 is 18.8. The van der Waals surface area contributed by atoms with Crippen molar-refractivity contribution in [2.75, 3.05) is 13.2 Å². The van der Waals surface area contributed by atoms with Crippen molar-refractivity contribution in [3.05, 3.63) is 29.6 Å². The highest BCUT2D eigenvalue weighted by Gasteiger charge is 2.06. The van der Waals surface area contributed by atoms with Gasteiger partial charge >= 0.3 is 0 Å². The summed E-state index contributed by atoms with van der Waals surface area (Å²) in [5.41, 5.74) is 0.803. The Morgan fingerprint density at radius 3 is 2.75 bits per heavy atom. The largest absolute Gasteiger partial charge is 0.484 e. The van der Waals surface area contributed by atoms with Gasteiger partial charge in [-0.3, -0.25) is 4.79 Å². The van der Waals surface area contributed by atoms with Gasteiger partial charge in [0.15, 0.2) is 6.61 Å². The van der Waals surface area contributed by atoms with Crippen LogP contribution in [0.15, 0.2) is 18.2 Å². The number of hydrogen-bond donors (Lipinski definition) is 2. The first-order valence-electron chi connectivity index (χ1n) is 6.93. The van der Waals surface area contributed by atoms with Gasteiger partial charge in [-0.15, -0.1) is 0 Å². The SMILES string of the molecule is CCCNCc1cc(F)cc(OCC(=O)NC(C)C)c1. The quantitative estimate of drug-likeness (QED) is 0.719. The van der Waals surface area contributed by atoms with E-state index in [4.69, 9.17) is 4.74 Å². The van der Waals surface area contributed by atoms with Crippen molar-refractivity contribution in [2.45, 2.75) is 39.8 Å². The van der Waals surface area contributed by atoms with E-state index in [1.54, 1.807) is 6.07 Å². The average molecular weight is 282 g/mol. The molecule has 1 rings (SSSR count). The number of carbonyl (C=O) groups excluding carboxylic acids is 1. The molecule has 0 radical (unpaired) electrons. The van der Waals surface area contributed by atoms with Crippen LogP contribution in [0.4, 0.5) is 4.39 Å². The molecule has 0 saturated heterocycles. The van der Waals surface area contributed by atoms with Crippen LogP contribution in [0.5, 0.6) is 5.75 Å². The Hall–Kier alpha value is -1.62. The Balaban J connectivity index is 2.54. The first-order valence-corrected chi connectivity index (χ1v) is 6.93. The molecule has 0 aliphatic carbocycles. The van der Waals surface area contributed by atoms with Gasteiger partial charge in [-0.25, -0.2) is 4.39 Å². The van der Waals surface area contributed by atoms with E-state index in [1.807, 2.05) is 13.8 Å². The molecule has 1 aromatic carbocycles. The Bertz CT molecular complexity index is 436. The molecule has 4 nitrogen and oxygen atoms in total. The smallest absolute Gasteiger partial charge is 0.258 e. The summed E-state index contributed by atoms with van der Waals surface area (Å²) in [7, 11) is 0. The number of nitrogens with one attached hydrogen (secondary N) is 2. The molecule has 0 saturated carbocycles. The van der Waals surface area contributed by atoms with E-state index >= 15 is 0 Å². The molecule has 0 unspecified atom stereocenters. The van der Waals surface area contributed by atoms with Crippen LogP contribution in [0.3, 0.4) is 0 Å². The highest BCUT2D eigenvalue weighted by molar-refractivity contribution is 5.77. The van der Waals surface area contributed by atoms with Crippen molar-refractivity contribution >= 4 is 5.91 Å². The van der Waals surface area contributed by atoms with E-state index in [9.17, 15) is 9.18 Å². The topological polar surface area (TPSA) is 50.4 Å². The van der Waals surface area contributed by atoms with E-state index in [0.29, 0.717) is 12.3 Å². The van der Waals surface area contributed by atoms with Gasteiger partial charge in [-0.05, 0) is 44.5 Å². The van der Waals surface area contributed by atoms with E-state index in [2.05, 4.69) is 17.6 Å². The zero-order chi connectivity index (χ0) is 15.0. The first kappa shape index (κ1) is 16.4. The van der Waals surface area contributed by atoms with E-state index in [1.165, 1.54) is 12.1 Å². The summed E-state index contributed by atoms with van der Waals surface area (Å²) in [4.78, 5) is 11.5. The second-order valence-electron chi connectivity index (χ2n) is 4.98. The second-order valence-corrected chi connectivity index (χ2v) is 4.98. The highest BCUT2D eigenvalue weighted by atomic mass is 19.1. The van der Waals surface area contributed by atoms with Crippen LogP contribution in [-0.4, -0.2) is 25.1 Å². The summed E-state index contributed by atoms with van der Waals surface area (Å²) in [6.45, 7) is 7.17. The normalized spacial score (nSPS) is 10.7. The van der Waals surface area contributed by atoms with Crippen LogP contribution in [0.25, 0.3) is 0 Å². The molecule has 2 N–H and O–H groups in total. The van der Waals surface area contributed by atoms with Crippen molar-refractivity contribution < 1.29 is 13.9 Å². The third kappa shape index (κ3) is 6.52. The third-order valence-corrected chi connectivity index (χ3v) is 2.51. The third-order valence-electron chi connectivity index (χ3n) is 2.51. The van der Waals surface area contributed by atoms with Crippen molar-refractivity contribution in [3.8, 4) is 5.75 Å². The van der Waals surface area contributed by atoms with Gasteiger partial charge in [0, 0.05) is 18.7 Å². The highest BCUT2D eigenvalue weighted by Crippen LogP contribution is 2.16. The van der Waals surface area contributed by atoms with Crippen LogP contribution >= 0.6 is 0 Å². The summed E-state index contributed by atoms with van der Waals surface area (Å²) in [5, 5.41) is 5.91. The summed E-state index contributed by atoms with van der Waals surface area (Å²) in [6.07, 6.45) is 1.02. The molecule has 0 atom stereocenters. The summed E-state index contributed by atoms with van der Waals surface area (Å²) in [6, 6.07) is 4.55. The molecule has 5 heteroatoms. The van der Waals surface area contributed by atoms with E-state index in [0.717, 1.165) is 18.5 Å². The molecule has 0 aliphatic heterocycles. The number of benzene rings is 1. The van der Waals surface area contributed by atoms with Crippen molar-refractivity contribution in [1.82, 2.24) is 10.6 Å². The van der Waals surface area contributed by atoms with E-state index in [-0.39, 0.29) is 24.4 Å². The molecule has 112 valence electrons. The molecule has 0 fully saturated rings. The van der Waals surface area contributed by atoms with Gasteiger partial charge in [0.2, 0.25) is 0 Å². The van der Waals surface area contributed by atoms with Crippen molar-refractivity contribution in [2.24, 2.45) is 0 Å². The molecule has 0 bridgehead atoms. The molecule has 1 amide bonds. The van der Waals surface area contributed by atoms with Crippen LogP contribution < -0.4 is 15.4 Å². The van der Waals surface area contributed by atoms with Gasteiger partial charge in [-0.1, -0.05) is 6.92 Å². The summed E-state index contributed by atoms with van der Waals surface area (Å²) >= 11 is 0. The molecule has 0 aromatic heterocycles. The number of halogens is 1. The molecule has 0 aliphatic rings. The minimum atomic E-state index is -0.361.